The first kappa shape index (κ1) is 21.4. The first-order chi connectivity index (χ1) is 9.77. The molecule has 0 radical (unpaired) electrons. The van der Waals surface area contributed by atoms with Gasteiger partial charge in [-0.3, -0.25) is 4.79 Å². The fourth-order valence-electron chi connectivity index (χ4n) is 2.91. The van der Waals surface area contributed by atoms with Crippen LogP contribution in [0.2, 0.25) is 0 Å². The zero-order valence-corrected chi connectivity index (χ0v) is 16.3. The molecule has 0 aliphatic carbocycles. The third-order valence-electron chi connectivity index (χ3n) is 5.44. The van der Waals surface area contributed by atoms with Gasteiger partial charge >= 0.3 is 5.97 Å². The van der Waals surface area contributed by atoms with E-state index in [0.717, 1.165) is 12.8 Å². The number of hydrogen-bond donors (Lipinski definition) is 1. The first-order valence-electron chi connectivity index (χ1n) is 8.61. The Morgan fingerprint density at radius 3 is 1.77 bits per heavy atom. The molecular weight excluding hydrogens is 276 g/mol. The molecule has 22 heavy (non-hydrogen) atoms. The SMILES string of the molecule is CCC(C)(CCO)OC(=O)C(C)(CC(C)(C)C)C(C)(C)CC. The second-order valence-corrected chi connectivity index (χ2v) is 8.97. The van der Waals surface area contributed by atoms with Gasteiger partial charge in [0, 0.05) is 13.0 Å². The van der Waals surface area contributed by atoms with Crippen LogP contribution in [0, 0.1) is 16.2 Å². The van der Waals surface area contributed by atoms with Gasteiger partial charge < -0.3 is 9.84 Å². The van der Waals surface area contributed by atoms with Crippen molar-refractivity contribution in [2.24, 2.45) is 16.2 Å². The van der Waals surface area contributed by atoms with Crippen LogP contribution in [0.15, 0.2) is 0 Å². The number of aliphatic hydroxyl groups excluding tert-OH is 1. The summed E-state index contributed by atoms with van der Waals surface area (Å²) in [6.07, 6.45) is 2.88. The number of carbonyl (C=O) groups is 1. The van der Waals surface area contributed by atoms with Crippen molar-refractivity contribution in [3.8, 4) is 0 Å². The first-order valence-corrected chi connectivity index (χ1v) is 8.61. The Kier molecular flexibility index (Phi) is 7.14. The Hall–Kier alpha value is -0.570. The van der Waals surface area contributed by atoms with Crippen LogP contribution < -0.4 is 0 Å². The molecule has 0 aliphatic rings. The van der Waals surface area contributed by atoms with E-state index in [-0.39, 0.29) is 23.4 Å². The smallest absolute Gasteiger partial charge is 0.312 e. The standard InChI is InChI=1S/C19H38O3/c1-10-17(6,7)19(9,14-16(3,4)5)15(21)22-18(8,11-2)12-13-20/h20H,10-14H2,1-9H3. The maximum absolute atomic E-state index is 13.1. The van der Waals surface area contributed by atoms with Crippen molar-refractivity contribution in [3.05, 3.63) is 0 Å². The predicted octanol–water partition coefficient (Wildman–Crippen LogP) is 4.96. The van der Waals surface area contributed by atoms with E-state index in [0.29, 0.717) is 12.8 Å². The number of carbonyl (C=O) groups excluding carboxylic acids is 1. The molecule has 0 aromatic rings. The molecule has 2 atom stereocenters. The largest absolute Gasteiger partial charge is 0.459 e. The van der Waals surface area contributed by atoms with Crippen LogP contribution >= 0.6 is 0 Å². The highest BCUT2D eigenvalue weighted by atomic mass is 16.6. The molecule has 0 heterocycles. The predicted molar refractivity (Wildman–Crippen MR) is 92.7 cm³/mol. The van der Waals surface area contributed by atoms with Crippen LogP contribution in [0.3, 0.4) is 0 Å². The average molecular weight is 315 g/mol. The Morgan fingerprint density at radius 1 is 0.955 bits per heavy atom. The van der Waals surface area contributed by atoms with Crippen molar-refractivity contribution in [2.75, 3.05) is 6.61 Å². The number of hydrogen-bond acceptors (Lipinski definition) is 3. The van der Waals surface area contributed by atoms with Gasteiger partial charge in [-0.05, 0) is 43.9 Å². The molecule has 132 valence electrons. The molecule has 0 aromatic heterocycles. The van der Waals surface area contributed by atoms with Crippen molar-refractivity contribution in [1.82, 2.24) is 0 Å². The molecule has 3 heteroatoms. The van der Waals surface area contributed by atoms with E-state index in [1.165, 1.54) is 0 Å². The molecule has 1 N–H and O–H groups in total. The second kappa shape index (κ2) is 7.33. The quantitative estimate of drug-likeness (QED) is 0.644. The molecule has 0 bridgehead atoms. The van der Waals surface area contributed by atoms with E-state index < -0.39 is 11.0 Å². The lowest BCUT2D eigenvalue weighted by molar-refractivity contribution is -0.182. The minimum atomic E-state index is -0.588. The Morgan fingerprint density at radius 2 is 1.45 bits per heavy atom. The normalized spacial score (nSPS) is 18.5. The van der Waals surface area contributed by atoms with Gasteiger partial charge in [0.05, 0.1) is 5.41 Å². The molecule has 0 rings (SSSR count). The van der Waals surface area contributed by atoms with Gasteiger partial charge in [0.1, 0.15) is 5.60 Å². The van der Waals surface area contributed by atoms with Crippen LogP contribution in [-0.4, -0.2) is 23.3 Å². The Balaban J connectivity index is 5.57. The molecule has 0 saturated heterocycles. The summed E-state index contributed by atoms with van der Waals surface area (Å²) < 4.78 is 5.93. The monoisotopic (exact) mass is 314 g/mol. The van der Waals surface area contributed by atoms with Crippen molar-refractivity contribution in [1.29, 1.82) is 0 Å². The fraction of sp³-hybridized carbons (Fsp3) is 0.947. The topological polar surface area (TPSA) is 46.5 Å². The van der Waals surface area contributed by atoms with Gasteiger partial charge in [-0.1, -0.05) is 48.5 Å². The second-order valence-electron chi connectivity index (χ2n) is 8.97. The van der Waals surface area contributed by atoms with Crippen LogP contribution in [0.4, 0.5) is 0 Å². The number of aliphatic hydroxyl groups is 1. The molecule has 0 spiro atoms. The van der Waals surface area contributed by atoms with Crippen molar-refractivity contribution in [3.63, 3.8) is 0 Å². The molecular formula is C19H38O3. The summed E-state index contributed by atoms with van der Waals surface area (Å²) in [7, 11) is 0. The maximum atomic E-state index is 13.1. The zero-order valence-electron chi connectivity index (χ0n) is 16.3. The minimum absolute atomic E-state index is 0.0325. The summed E-state index contributed by atoms with van der Waals surface area (Å²) in [5, 5.41) is 9.25. The van der Waals surface area contributed by atoms with Gasteiger partial charge in [0.15, 0.2) is 0 Å². The molecule has 0 saturated carbocycles. The van der Waals surface area contributed by atoms with E-state index >= 15 is 0 Å². The summed E-state index contributed by atoms with van der Waals surface area (Å²) in [6.45, 7) is 18.9. The van der Waals surface area contributed by atoms with Crippen molar-refractivity contribution < 1.29 is 14.6 Å². The summed E-state index contributed by atoms with van der Waals surface area (Å²) in [4.78, 5) is 13.1. The maximum Gasteiger partial charge on any atom is 0.312 e. The van der Waals surface area contributed by atoms with Crippen LogP contribution in [0.1, 0.15) is 88.0 Å². The summed E-state index contributed by atoms with van der Waals surface area (Å²) in [6, 6.07) is 0. The fourth-order valence-corrected chi connectivity index (χ4v) is 2.91. The third kappa shape index (κ3) is 5.26. The highest BCUT2D eigenvalue weighted by Crippen LogP contribution is 2.50. The average Bonchev–Trinajstić information content (AvgIpc) is 2.36. The zero-order chi connectivity index (χ0) is 17.8. The van der Waals surface area contributed by atoms with E-state index in [9.17, 15) is 9.90 Å². The molecule has 0 amide bonds. The third-order valence-corrected chi connectivity index (χ3v) is 5.44. The highest BCUT2D eigenvalue weighted by Gasteiger charge is 2.50. The van der Waals surface area contributed by atoms with E-state index in [1.807, 2.05) is 20.8 Å². The summed E-state index contributed by atoms with van der Waals surface area (Å²) >= 11 is 0. The van der Waals surface area contributed by atoms with Crippen LogP contribution in [0.5, 0.6) is 0 Å². The number of esters is 1. The number of ether oxygens (including phenoxy) is 1. The highest BCUT2D eigenvalue weighted by molar-refractivity contribution is 5.78. The van der Waals surface area contributed by atoms with Gasteiger partial charge in [-0.15, -0.1) is 0 Å². The van der Waals surface area contributed by atoms with Gasteiger partial charge in [0.2, 0.25) is 0 Å². The summed E-state index contributed by atoms with van der Waals surface area (Å²) in [5.74, 6) is -0.132. The molecule has 0 fully saturated rings. The molecule has 2 unspecified atom stereocenters. The van der Waals surface area contributed by atoms with Crippen LogP contribution in [0.25, 0.3) is 0 Å². The summed E-state index contributed by atoms with van der Waals surface area (Å²) in [5.41, 5.74) is -1.24. The molecule has 0 aromatic carbocycles. The van der Waals surface area contributed by atoms with E-state index in [4.69, 9.17) is 4.74 Å². The van der Waals surface area contributed by atoms with Crippen LogP contribution in [-0.2, 0) is 9.53 Å². The lowest BCUT2D eigenvalue weighted by Crippen LogP contribution is -2.48. The van der Waals surface area contributed by atoms with Gasteiger partial charge in [-0.25, -0.2) is 0 Å². The van der Waals surface area contributed by atoms with Gasteiger partial charge in [-0.2, -0.15) is 0 Å². The Bertz CT molecular complexity index is 367. The van der Waals surface area contributed by atoms with E-state index in [2.05, 4.69) is 41.5 Å². The minimum Gasteiger partial charge on any atom is -0.459 e. The lowest BCUT2D eigenvalue weighted by Gasteiger charge is -2.46. The molecule has 3 nitrogen and oxygen atoms in total. The van der Waals surface area contributed by atoms with E-state index in [1.54, 1.807) is 0 Å². The van der Waals surface area contributed by atoms with Crippen molar-refractivity contribution >= 4 is 5.97 Å². The lowest BCUT2D eigenvalue weighted by atomic mass is 9.59. The Labute approximate surface area is 137 Å². The van der Waals surface area contributed by atoms with Gasteiger partial charge in [0.25, 0.3) is 0 Å². The molecule has 0 aliphatic heterocycles. The number of rotatable bonds is 8. The van der Waals surface area contributed by atoms with Crippen molar-refractivity contribution in [2.45, 2.75) is 93.6 Å².